The number of halogens is 2. The fourth-order valence-corrected chi connectivity index (χ4v) is 3.98. The second-order valence-corrected chi connectivity index (χ2v) is 7.89. The summed E-state index contributed by atoms with van der Waals surface area (Å²) in [6.07, 6.45) is 0.500. The van der Waals surface area contributed by atoms with E-state index >= 15 is 0 Å². The Kier molecular flexibility index (Phi) is 6.33. The van der Waals surface area contributed by atoms with Gasteiger partial charge in [-0.25, -0.2) is 4.39 Å². The van der Waals surface area contributed by atoms with E-state index in [1.165, 1.54) is 12.1 Å². The summed E-state index contributed by atoms with van der Waals surface area (Å²) in [5.74, 6) is -0.0979. The maximum Gasteiger partial charge on any atom is 0.233 e. The van der Waals surface area contributed by atoms with Gasteiger partial charge in [-0.1, -0.05) is 42.5 Å². The average molecular weight is 438 g/mol. The Morgan fingerprint density at radius 1 is 0.968 bits per heavy atom. The Morgan fingerprint density at radius 2 is 1.65 bits per heavy atom. The van der Waals surface area contributed by atoms with E-state index in [0.29, 0.717) is 18.7 Å². The van der Waals surface area contributed by atoms with Crippen LogP contribution < -0.4 is 9.64 Å². The highest BCUT2D eigenvalue weighted by Crippen LogP contribution is 2.45. The molecule has 0 aromatic heterocycles. The van der Waals surface area contributed by atoms with Gasteiger partial charge in [-0.3, -0.25) is 9.59 Å². The number of amides is 1. The van der Waals surface area contributed by atoms with Gasteiger partial charge in [-0.15, -0.1) is 0 Å². The van der Waals surface area contributed by atoms with E-state index in [-0.39, 0.29) is 30.1 Å². The number of carbonyl (C=O) groups excluding carboxylic acids is 2. The fraction of sp³-hybridized carbons (Fsp3) is 0.200. The van der Waals surface area contributed by atoms with Crippen LogP contribution >= 0.6 is 11.6 Å². The van der Waals surface area contributed by atoms with Crippen LogP contribution in [0, 0.1) is 11.7 Å². The van der Waals surface area contributed by atoms with Gasteiger partial charge >= 0.3 is 0 Å². The summed E-state index contributed by atoms with van der Waals surface area (Å²) in [4.78, 5) is 25.7. The van der Waals surface area contributed by atoms with Crippen molar-refractivity contribution in [1.29, 1.82) is 0 Å². The molecule has 1 unspecified atom stereocenters. The first-order chi connectivity index (χ1) is 15.0. The Hall–Kier alpha value is -3.18. The molecule has 0 bridgehead atoms. The number of hydrogen-bond donors (Lipinski definition) is 0. The van der Waals surface area contributed by atoms with E-state index < -0.39 is 5.24 Å². The molecular formula is C25H21ClFNO3. The first kappa shape index (κ1) is 21.1. The minimum Gasteiger partial charge on any atom is -0.489 e. The average Bonchev–Trinajstić information content (AvgIpc) is 2.78. The molecule has 0 radical (unpaired) electrons. The summed E-state index contributed by atoms with van der Waals surface area (Å²) in [5.41, 5.74) is 2.61. The third-order valence-electron chi connectivity index (χ3n) is 5.44. The number of ether oxygens (including phenoxy) is 1. The van der Waals surface area contributed by atoms with Gasteiger partial charge in [-0.2, -0.15) is 0 Å². The SMILES string of the molecule is O=C(Cl)CC[C@H]1C(=O)N(c2ccc(F)cc2)C1c1ccc(OCc2ccccc2)cc1. The highest BCUT2D eigenvalue weighted by Gasteiger charge is 2.48. The van der Waals surface area contributed by atoms with Crippen molar-refractivity contribution in [3.63, 3.8) is 0 Å². The Morgan fingerprint density at radius 3 is 2.29 bits per heavy atom. The van der Waals surface area contributed by atoms with E-state index in [2.05, 4.69) is 0 Å². The zero-order chi connectivity index (χ0) is 21.8. The molecule has 4 nitrogen and oxygen atoms in total. The monoisotopic (exact) mass is 437 g/mol. The molecule has 2 atom stereocenters. The Labute approximate surface area is 185 Å². The van der Waals surface area contributed by atoms with Gasteiger partial charge in [0.2, 0.25) is 11.1 Å². The summed E-state index contributed by atoms with van der Waals surface area (Å²) < 4.78 is 19.2. The number of benzene rings is 3. The van der Waals surface area contributed by atoms with Crippen molar-refractivity contribution in [1.82, 2.24) is 0 Å². The third kappa shape index (κ3) is 4.78. The summed E-state index contributed by atoms with van der Waals surface area (Å²) >= 11 is 5.50. The molecule has 31 heavy (non-hydrogen) atoms. The maximum atomic E-state index is 13.3. The van der Waals surface area contributed by atoms with Crippen LogP contribution in [0.25, 0.3) is 0 Å². The molecule has 3 aromatic carbocycles. The molecule has 0 saturated carbocycles. The van der Waals surface area contributed by atoms with E-state index in [1.807, 2.05) is 54.6 Å². The molecule has 1 amide bonds. The number of β-lactam (4-membered cyclic amide) rings is 1. The van der Waals surface area contributed by atoms with Crippen molar-refractivity contribution < 1.29 is 18.7 Å². The van der Waals surface area contributed by atoms with Crippen LogP contribution in [0.3, 0.4) is 0 Å². The molecule has 1 aliphatic heterocycles. The van der Waals surface area contributed by atoms with Crippen molar-refractivity contribution in [2.75, 3.05) is 4.90 Å². The predicted molar refractivity (Wildman–Crippen MR) is 117 cm³/mol. The van der Waals surface area contributed by atoms with Crippen LogP contribution in [0.4, 0.5) is 10.1 Å². The third-order valence-corrected chi connectivity index (χ3v) is 5.63. The Balaban J connectivity index is 1.53. The number of anilines is 1. The summed E-state index contributed by atoms with van der Waals surface area (Å²) in [6.45, 7) is 0.463. The standard InChI is InChI=1S/C25H21ClFNO3/c26-23(29)15-14-22-24(28(25(22)30)20-10-8-19(27)9-11-20)18-6-12-21(13-7-18)31-16-17-4-2-1-3-5-17/h1-13,22,24H,14-16H2/t22-,24?/m1/s1. The lowest BCUT2D eigenvalue weighted by atomic mass is 9.79. The summed E-state index contributed by atoms with van der Waals surface area (Å²) in [5, 5.41) is -0.462. The lowest BCUT2D eigenvalue weighted by Gasteiger charge is -2.47. The maximum absolute atomic E-state index is 13.3. The minimum atomic E-state index is -0.462. The minimum absolute atomic E-state index is 0.0982. The zero-order valence-corrected chi connectivity index (χ0v) is 17.5. The molecule has 6 heteroatoms. The summed E-state index contributed by atoms with van der Waals surface area (Å²) in [7, 11) is 0. The van der Waals surface area contributed by atoms with Crippen LogP contribution in [0.5, 0.6) is 5.75 Å². The topological polar surface area (TPSA) is 46.6 Å². The van der Waals surface area contributed by atoms with Crippen LogP contribution in [0.15, 0.2) is 78.9 Å². The van der Waals surface area contributed by atoms with Crippen LogP contribution in [-0.4, -0.2) is 11.1 Å². The number of nitrogens with zero attached hydrogens (tertiary/aromatic N) is 1. The molecule has 1 aliphatic rings. The van der Waals surface area contributed by atoms with Crippen molar-refractivity contribution in [3.05, 3.63) is 95.8 Å². The first-order valence-corrected chi connectivity index (χ1v) is 10.4. The first-order valence-electron chi connectivity index (χ1n) is 10.1. The van der Waals surface area contributed by atoms with Crippen LogP contribution in [-0.2, 0) is 16.2 Å². The van der Waals surface area contributed by atoms with E-state index in [1.54, 1.807) is 17.0 Å². The van der Waals surface area contributed by atoms with E-state index in [9.17, 15) is 14.0 Å². The quantitative estimate of drug-likeness (QED) is 0.337. The highest BCUT2D eigenvalue weighted by molar-refractivity contribution is 6.63. The Bertz CT molecular complexity index is 1050. The van der Waals surface area contributed by atoms with Crippen LogP contribution in [0.2, 0.25) is 0 Å². The molecule has 1 saturated heterocycles. The van der Waals surface area contributed by atoms with Gasteiger partial charge < -0.3 is 9.64 Å². The van der Waals surface area contributed by atoms with Gasteiger partial charge in [0.15, 0.2) is 0 Å². The van der Waals surface area contributed by atoms with Crippen molar-refractivity contribution >= 4 is 28.4 Å². The number of rotatable bonds is 8. The molecule has 0 spiro atoms. The molecular weight excluding hydrogens is 417 g/mol. The van der Waals surface area contributed by atoms with Gasteiger partial charge in [0.25, 0.3) is 0 Å². The zero-order valence-electron chi connectivity index (χ0n) is 16.7. The predicted octanol–water partition coefficient (Wildman–Crippen LogP) is 5.65. The molecule has 0 N–H and O–H groups in total. The lowest BCUT2D eigenvalue weighted by molar-refractivity contribution is -0.131. The number of carbonyl (C=O) groups is 2. The van der Waals surface area contributed by atoms with Crippen molar-refractivity contribution in [3.8, 4) is 5.75 Å². The van der Waals surface area contributed by atoms with Gasteiger partial charge in [0, 0.05) is 12.1 Å². The van der Waals surface area contributed by atoms with E-state index in [0.717, 1.165) is 16.9 Å². The van der Waals surface area contributed by atoms with E-state index in [4.69, 9.17) is 16.3 Å². The van der Waals surface area contributed by atoms with Gasteiger partial charge in [0.05, 0.1) is 12.0 Å². The number of hydrogen-bond acceptors (Lipinski definition) is 3. The molecule has 1 heterocycles. The van der Waals surface area contributed by atoms with Crippen molar-refractivity contribution in [2.24, 2.45) is 5.92 Å². The molecule has 158 valence electrons. The molecule has 1 fully saturated rings. The lowest BCUT2D eigenvalue weighted by Crippen LogP contribution is -2.55. The normalized spacial score (nSPS) is 17.9. The second-order valence-electron chi connectivity index (χ2n) is 7.47. The van der Waals surface area contributed by atoms with Gasteiger partial charge in [-0.05, 0) is 65.5 Å². The van der Waals surface area contributed by atoms with Gasteiger partial charge in [0.1, 0.15) is 18.2 Å². The second kappa shape index (κ2) is 9.31. The largest absolute Gasteiger partial charge is 0.489 e. The molecule has 3 aromatic rings. The molecule has 0 aliphatic carbocycles. The highest BCUT2D eigenvalue weighted by atomic mass is 35.5. The summed E-state index contributed by atoms with van der Waals surface area (Å²) in [6, 6.07) is 23.0. The molecule has 4 rings (SSSR count). The van der Waals surface area contributed by atoms with Crippen molar-refractivity contribution in [2.45, 2.75) is 25.5 Å². The smallest absolute Gasteiger partial charge is 0.233 e. The van der Waals surface area contributed by atoms with Crippen LogP contribution in [0.1, 0.15) is 30.0 Å². The fourth-order valence-electron chi connectivity index (χ4n) is 3.87.